The van der Waals surface area contributed by atoms with E-state index in [0.29, 0.717) is 32.0 Å². The lowest BCUT2D eigenvalue weighted by molar-refractivity contribution is -0.191. The molecule has 2 unspecified atom stereocenters. The summed E-state index contributed by atoms with van der Waals surface area (Å²) in [6.07, 6.45) is 2.79. The van der Waals surface area contributed by atoms with Gasteiger partial charge >= 0.3 is 18.2 Å². The van der Waals surface area contributed by atoms with E-state index in [2.05, 4.69) is 61.0 Å². The van der Waals surface area contributed by atoms with Gasteiger partial charge in [0.15, 0.2) is 0 Å². The zero-order chi connectivity index (χ0) is 37.4. The number of carbonyl (C=O) groups excluding carboxylic acids is 4. The van der Waals surface area contributed by atoms with Crippen molar-refractivity contribution < 1.29 is 28.7 Å². The normalized spacial score (nSPS) is 13.2. The Hall–Kier alpha value is -4.50. The van der Waals surface area contributed by atoms with Crippen LogP contribution >= 0.6 is 43.5 Å². The van der Waals surface area contributed by atoms with Crippen molar-refractivity contribution in [2.45, 2.75) is 52.2 Å². The van der Waals surface area contributed by atoms with E-state index in [1.165, 1.54) is 5.56 Å². The van der Waals surface area contributed by atoms with Crippen LogP contribution in [-0.2, 0) is 32.2 Å². The van der Waals surface area contributed by atoms with Crippen molar-refractivity contribution in [2.75, 3.05) is 24.6 Å². The summed E-state index contributed by atoms with van der Waals surface area (Å²) in [6.45, 7) is 6.82. The van der Waals surface area contributed by atoms with Crippen molar-refractivity contribution in [3.63, 3.8) is 0 Å². The lowest BCUT2D eigenvalue weighted by atomic mass is 10.2. The van der Waals surface area contributed by atoms with E-state index in [0.717, 1.165) is 33.2 Å². The predicted molar refractivity (Wildman–Crippen MR) is 209 cm³/mol. The molecule has 276 valence electrons. The molecule has 0 aromatic heterocycles. The van der Waals surface area contributed by atoms with Gasteiger partial charge in [-0.3, -0.25) is 9.69 Å². The highest BCUT2D eigenvalue weighted by atomic mass is 79.9. The molecule has 1 N–H and O–H groups in total. The van der Waals surface area contributed by atoms with Crippen molar-refractivity contribution in [2.24, 2.45) is 0 Å². The first-order chi connectivity index (χ1) is 24.7. The van der Waals surface area contributed by atoms with Crippen LogP contribution in [-0.4, -0.2) is 54.2 Å². The fourth-order valence-corrected chi connectivity index (χ4v) is 5.40. The first-order valence-electron chi connectivity index (χ1n) is 15.9. The van der Waals surface area contributed by atoms with Crippen molar-refractivity contribution in [1.82, 2.24) is 10.2 Å². The van der Waals surface area contributed by atoms with Crippen LogP contribution in [0.25, 0.3) is 0 Å². The molecule has 0 bridgehead atoms. The van der Waals surface area contributed by atoms with Crippen LogP contribution in [0.15, 0.2) is 118 Å². The van der Waals surface area contributed by atoms with Gasteiger partial charge in [-0.25, -0.2) is 4.79 Å². The number of benzene rings is 4. The van der Waals surface area contributed by atoms with E-state index in [9.17, 15) is 9.59 Å². The number of nitrogens with zero attached hydrogens (tertiary/aromatic N) is 3. The minimum Gasteiger partial charge on any atom is -0.465 e. The van der Waals surface area contributed by atoms with Crippen molar-refractivity contribution in [1.29, 1.82) is 5.26 Å². The molecule has 1 fully saturated rings. The van der Waals surface area contributed by atoms with Crippen molar-refractivity contribution in [3.05, 3.63) is 129 Å². The van der Waals surface area contributed by atoms with Crippen molar-refractivity contribution in [3.8, 4) is 12.0 Å². The molecule has 0 saturated carbocycles. The van der Waals surface area contributed by atoms with Gasteiger partial charge < -0.3 is 19.7 Å². The molecule has 2 amide bonds. The van der Waals surface area contributed by atoms with Crippen LogP contribution in [0, 0.1) is 11.5 Å². The average molecular weight is 859 g/mol. The summed E-state index contributed by atoms with van der Waals surface area (Å²) < 4.78 is 11.3. The molecule has 1 saturated heterocycles. The molecule has 2 atom stereocenters. The van der Waals surface area contributed by atoms with Gasteiger partial charge in [0.05, 0.1) is 12.6 Å². The molecule has 4 aromatic rings. The Morgan fingerprint density at radius 2 is 1.42 bits per heavy atom. The number of halogens is 3. The molecule has 0 aliphatic carbocycles. The highest BCUT2D eigenvalue weighted by molar-refractivity contribution is 9.10. The zero-order valence-corrected chi connectivity index (χ0v) is 32.1. The third kappa shape index (κ3) is 16.7. The summed E-state index contributed by atoms with van der Waals surface area (Å²) >= 11 is 12.5. The minimum absolute atomic E-state index is 0. The molecule has 5 rings (SSSR count). The number of esters is 1. The Bertz CT molecular complexity index is 1670. The Kier molecular flexibility index (Phi) is 23.0. The number of nitriles is 1. The topological polar surface area (TPSA) is 129 Å². The Morgan fingerprint density at radius 1 is 0.904 bits per heavy atom. The third-order valence-electron chi connectivity index (χ3n) is 7.08. The van der Waals surface area contributed by atoms with Gasteiger partial charge in [-0.2, -0.15) is 9.59 Å². The number of hydrogen-bond donors (Lipinski definition) is 1. The maximum atomic E-state index is 12.8. The number of hydrogen-bond acceptors (Lipinski definition) is 8. The number of amides is 2. The summed E-state index contributed by atoms with van der Waals surface area (Å²) in [5.41, 5.74) is 3.30. The van der Waals surface area contributed by atoms with E-state index in [1.807, 2.05) is 94.7 Å². The van der Waals surface area contributed by atoms with E-state index < -0.39 is 5.38 Å². The lowest BCUT2D eigenvalue weighted by Gasteiger charge is -2.22. The Labute approximate surface area is 327 Å². The zero-order valence-electron chi connectivity index (χ0n) is 28.2. The summed E-state index contributed by atoms with van der Waals surface area (Å²) in [7, 11) is 0. The van der Waals surface area contributed by atoms with Crippen molar-refractivity contribution >= 4 is 67.3 Å². The largest absolute Gasteiger partial charge is 0.465 e. The SMILES string of the molecule is C.CCC1CN(Cc2ccccc2)C(=O)N1c1ccc(Br)cc1.CCOC(=O)C(Cl)CNCc1ccccc1.N#COc1ccc(Br)cc1.O=C=O. The van der Waals surface area contributed by atoms with Crippen LogP contribution in [0.5, 0.6) is 5.75 Å². The molecule has 4 aromatic carbocycles. The monoisotopic (exact) mass is 856 g/mol. The van der Waals surface area contributed by atoms with E-state index in [1.54, 1.807) is 25.3 Å². The van der Waals surface area contributed by atoms with Gasteiger partial charge in [-0.15, -0.1) is 16.9 Å². The molecular formula is C39H43Br2ClN4O6. The molecule has 1 heterocycles. The Balaban J connectivity index is 0.000000396. The molecule has 1 aliphatic heterocycles. The molecule has 10 nitrogen and oxygen atoms in total. The molecule has 1 aliphatic rings. The van der Waals surface area contributed by atoms with Crippen LogP contribution in [0.1, 0.15) is 38.8 Å². The van der Waals surface area contributed by atoms with Crippen LogP contribution in [0.3, 0.4) is 0 Å². The summed E-state index contributed by atoms with van der Waals surface area (Å²) in [5, 5.41) is 10.6. The molecule has 0 radical (unpaired) electrons. The molecule has 13 heteroatoms. The second kappa shape index (κ2) is 26.3. The molecular weight excluding hydrogens is 816 g/mol. The molecule has 0 spiro atoms. The first-order valence-corrected chi connectivity index (χ1v) is 17.9. The minimum atomic E-state index is -0.622. The number of carbonyl (C=O) groups is 2. The number of ether oxygens (including phenoxy) is 2. The van der Waals surface area contributed by atoms with E-state index in [4.69, 9.17) is 31.2 Å². The van der Waals surface area contributed by atoms with E-state index in [-0.39, 0.29) is 31.6 Å². The number of rotatable bonds is 11. The quantitative estimate of drug-likeness (QED) is 0.0900. The number of nitrogens with one attached hydrogen (secondary N) is 1. The predicted octanol–water partition coefficient (Wildman–Crippen LogP) is 8.98. The fraction of sp³-hybridized carbons (Fsp3) is 0.282. The van der Waals surface area contributed by atoms with Crippen LogP contribution in [0.2, 0.25) is 0 Å². The standard InChI is InChI=1S/C18H19BrN2O.C12H16ClNO2.C7H4BrNO.CO2.CH4/c1-2-16-13-20(12-14-6-4-3-5-7-14)18(22)21(16)17-10-8-15(19)9-11-17;1-2-16-12(15)11(13)9-14-8-10-6-4-3-5-7-10;8-6-1-3-7(4-2-6)10-5-9;2-1-3;/h3-11,16H,2,12-13H2,1H3;3-7,11,14H,2,8-9H2,1H3;1-4H;;1H4. The Morgan fingerprint density at radius 3 is 1.92 bits per heavy atom. The highest BCUT2D eigenvalue weighted by Gasteiger charge is 2.36. The van der Waals surface area contributed by atoms with Gasteiger partial charge in [-0.1, -0.05) is 107 Å². The summed E-state index contributed by atoms with van der Waals surface area (Å²) in [4.78, 5) is 44.1. The highest BCUT2D eigenvalue weighted by Crippen LogP contribution is 2.28. The summed E-state index contributed by atoms with van der Waals surface area (Å²) in [5.74, 6) is 0.190. The molecule has 52 heavy (non-hydrogen) atoms. The average Bonchev–Trinajstić information content (AvgIpc) is 3.45. The summed E-state index contributed by atoms with van der Waals surface area (Å²) in [6, 6.07) is 35.4. The number of alkyl halides is 1. The van der Waals surface area contributed by atoms with Crippen LogP contribution in [0.4, 0.5) is 10.5 Å². The van der Waals surface area contributed by atoms with Gasteiger partial charge in [-0.05, 0) is 73.0 Å². The second-order valence-corrected chi connectivity index (χ2v) is 13.0. The van der Waals surface area contributed by atoms with Gasteiger partial charge in [0.2, 0.25) is 0 Å². The lowest BCUT2D eigenvalue weighted by Crippen LogP contribution is -2.34. The maximum absolute atomic E-state index is 12.8. The maximum Gasteiger partial charge on any atom is 0.373 e. The van der Waals surface area contributed by atoms with Gasteiger partial charge in [0.25, 0.3) is 6.26 Å². The fourth-order valence-electron chi connectivity index (χ4n) is 4.70. The van der Waals surface area contributed by atoms with E-state index >= 15 is 0 Å². The van der Waals surface area contributed by atoms with Crippen LogP contribution < -0.4 is 15.0 Å². The van der Waals surface area contributed by atoms with Gasteiger partial charge in [0.1, 0.15) is 11.1 Å². The van der Waals surface area contributed by atoms with Gasteiger partial charge in [0, 0.05) is 40.8 Å². The third-order valence-corrected chi connectivity index (χ3v) is 8.47. The number of urea groups is 1. The first kappa shape index (κ1) is 45.5. The number of anilines is 1. The smallest absolute Gasteiger partial charge is 0.373 e. The second-order valence-electron chi connectivity index (χ2n) is 10.6.